The van der Waals surface area contributed by atoms with Gasteiger partial charge in [-0.1, -0.05) is 48.5 Å². The van der Waals surface area contributed by atoms with E-state index in [1.165, 1.54) is 16.5 Å². The number of pyridine rings is 1. The molecule has 0 bridgehead atoms. The molecule has 3 rings (SSSR count). The molecule has 0 amide bonds. The minimum Gasteiger partial charge on any atom is -0.366 e. The van der Waals surface area contributed by atoms with E-state index >= 15 is 0 Å². The number of nitrogens with zero attached hydrogens (tertiary/aromatic N) is 1. The normalized spacial score (nSPS) is 10.6. The summed E-state index contributed by atoms with van der Waals surface area (Å²) >= 11 is 0. The summed E-state index contributed by atoms with van der Waals surface area (Å²) in [5.74, 6) is 0.961. The van der Waals surface area contributed by atoms with Gasteiger partial charge in [0.1, 0.15) is 5.82 Å². The third-order valence-electron chi connectivity index (χ3n) is 3.22. The second-order valence-corrected chi connectivity index (χ2v) is 4.69. The summed E-state index contributed by atoms with van der Waals surface area (Å²) in [6.07, 6.45) is 0. The number of aryl methyl sites for hydroxylation is 1. The Morgan fingerprint density at radius 2 is 1.68 bits per heavy atom. The third kappa shape index (κ3) is 2.58. The van der Waals surface area contributed by atoms with E-state index in [-0.39, 0.29) is 0 Å². The topological polar surface area (TPSA) is 24.9 Å². The first kappa shape index (κ1) is 11.7. The van der Waals surface area contributed by atoms with Crippen LogP contribution in [-0.4, -0.2) is 4.98 Å². The Bertz CT molecular complexity index is 690. The molecule has 0 radical (unpaired) electrons. The minimum absolute atomic E-state index is 0.799. The van der Waals surface area contributed by atoms with Crippen LogP contribution in [0.4, 0.5) is 5.82 Å². The van der Waals surface area contributed by atoms with Crippen molar-refractivity contribution < 1.29 is 0 Å². The van der Waals surface area contributed by atoms with Crippen molar-refractivity contribution in [3.63, 3.8) is 0 Å². The second kappa shape index (κ2) is 5.11. The molecule has 0 unspecified atom stereocenters. The number of nitrogens with one attached hydrogen (secondary N) is 1. The van der Waals surface area contributed by atoms with E-state index in [1.54, 1.807) is 0 Å². The average molecular weight is 248 g/mol. The van der Waals surface area contributed by atoms with Gasteiger partial charge in [0.2, 0.25) is 0 Å². The molecule has 2 heteroatoms. The molecule has 1 N–H and O–H groups in total. The number of fused-ring (bicyclic) bond motifs is 1. The maximum atomic E-state index is 4.68. The van der Waals surface area contributed by atoms with Crippen LogP contribution in [0.15, 0.2) is 60.7 Å². The van der Waals surface area contributed by atoms with Crippen molar-refractivity contribution in [2.75, 3.05) is 5.32 Å². The Hall–Kier alpha value is -2.35. The van der Waals surface area contributed by atoms with E-state index in [0.717, 1.165) is 17.9 Å². The number of hydrogen-bond donors (Lipinski definition) is 1. The fourth-order valence-electron chi connectivity index (χ4n) is 2.18. The van der Waals surface area contributed by atoms with Crippen LogP contribution >= 0.6 is 0 Å². The largest absolute Gasteiger partial charge is 0.366 e. The lowest BCUT2D eigenvalue weighted by Gasteiger charge is -2.10. The van der Waals surface area contributed by atoms with Gasteiger partial charge in [0.15, 0.2) is 0 Å². The molecule has 0 aliphatic carbocycles. The van der Waals surface area contributed by atoms with Gasteiger partial charge in [0.25, 0.3) is 0 Å². The summed E-state index contributed by atoms with van der Waals surface area (Å²) in [7, 11) is 0. The standard InChI is InChI=1S/C17H16N2/c1-13-11-15-9-5-6-10-16(15)19-17(13)18-12-14-7-3-2-4-8-14/h2-11H,12H2,1H3,(H,18,19). The van der Waals surface area contributed by atoms with Crippen molar-refractivity contribution in [1.29, 1.82) is 0 Å². The maximum absolute atomic E-state index is 4.68. The smallest absolute Gasteiger partial charge is 0.129 e. The highest BCUT2D eigenvalue weighted by atomic mass is 15.0. The van der Waals surface area contributed by atoms with Crippen molar-refractivity contribution in [2.45, 2.75) is 13.5 Å². The Balaban J connectivity index is 1.86. The first-order valence-corrected chi connectivity index (χ1v) is 6.47. The number of anilines is 1. The quantitative estimate of drug-likeness (QED) is 0.753. The first-order chi connectivity index (χ1) is 9.33. The van der Waals surface area contributed by atoms with Crippen LogP contribution in [0, 0.1) is 6.92 Å². The zero-order chi connectivity index (χ0) is 13.1. The molecule has 0 saturated heterocycles. The van der Waals surface area contributed by atoms with Crippen LogP contribution in [0.5, 0.6) is 0 Å². The Morgan fingerprint density at radius 1 is 0.947 bits per heavy atom. The van der Waals surface area contributed by atoms with Gasteiger partial charge >= 0.3 is 0 Å². The summed E-state index contributed by atoms with van der Waals surface area (Å²) in [5, 5.41) is 4.60. The summed E-state index contributed by atoms with van der Waals surface area (Å²) < 4.78 is 0. The summed E-state index contributed by atoms with van der Waals surface area (Å²) in [4.78, 5) is 4.68. The van der Waals surface area contributed by atoms with Crippen molar-refractivity contribution in [1.82, 2.24) is 4.98 Å². The molecule has 0 fully saturated rings. The lowest BCUT2D eigenvalue weighted by Crippen LogP contribution is -2.03. The van der Waals surface area contributed by atoms with Gasteiger partial charge in [-0.25, -0.2) is 4.98 Å². The second-order valence-electron chi connectivity index (χ2n) is 4.69. The molecule has 1 aromatic heterocycles. The van der Waals surface area contributed by atoms with E-state index in [9.17, 15) is 0 Å². The van der Waals surface area contributed by atoms with E-state index in [1.807, 2.05) is 24.3 Å². The predicted molar refractivity (Wildman–Crippen MR) is 80.2 cm³/mol. The van der Waals surface area contributed by atoms with E-state index < -0.39 is 0 Å². The molecule has 1 heterocycles. The van der Waals surface area contributed by atoms with Crippen molar-refractivity contribution in [3.05, 3.63) is 71.8 Å². The molecule has 0 spiro atoms. The van der Waals surface area contributed by atoms with Crippen LogP contribution in [0.25, 0.3) is 10.9 Å². The molecule has 0 saturated carbocycles. The van der Waals surface area contributed by atoms with Crippen molar-refractivity contribution in [2.24, 2.45) is 0 Å². The van der Waals surface area contributed by atoms with Gasteiger partial charge < -0.3 is 5.32 Å². The van der Waals surface area contributed by atoms with E-state index in [4.69, 9.17) is 0 Å². The van der Waals surface area contributed by atoms with Gasteiger partial charge in [-0.15, -0.1) is 0 Å². The number of benzene rings is 2. The Labute approximate surface area is 113 Å². The summed E-state index contributed by atoms with van der Waals surface area (Å²) in [5.41, 5.74) is 3.47. The molecular weight excluding hydrogens is 232 g/mol. The van der Waals surface area contributed by atoms with E-state index in [2.05, 4.69) is 53.6 Å². The van der Waals surface area contributed by atoms with Crippen molar-refractivity contribution in [3.8, 4) is 0 Å². The highest BCUT2D eigenvalue weighted by Crippen LogP contribution is 2.20. The zero-order valence-corrected chi connectivity index (χ0v) is 10.9. The molecule has 94 valence electrons. The lowest BCUT2D eigenvalue weighted by molar-refractivity contribution is 1.11. The highest BCUT2D eigenvalue weighted by Gasteiger charge is 2.02. The molecular formula is C17H16N2. The Kier molecular flexibility index (Phi) is 3.15. The molecule has 2 nitrogen and oxygen atoms in total. The monoisotopic (exact) mass is 248 g/mol. The van der Waals surface area contributed by atoms with Gasteiger partial charge in [-0.2, -0.15) is 0 Å². The fourth-order valence-corrected chi connectivity index (χ4v) is 2.18. The minimum atomic E-state index is 0.799. The maximum Gasteiger partial charge on any atom is 0.129 e. The highest BCUT2D eigenvalue weighted by molar-refractivity contribution is 5.81. The molecule has 0 aliphatic rings. The number of aromatic nitrogens is 1. The summed E-state index contributed by atoms with van der Waals surface area (Å²) in [6.45, 7) is 2.89. The lowest BCUT2D eigenvalue weighted by atomic mass is 10.1. The van der Waals surface area contributed by atoms with Gasteiger partial charge in [0.05, 0.1) is 5.52 Å². The molecule has 0 aliphatic heterocycles. The Morgan fingerprint density at radius 3 is 2.53 bits per heavy atom. The molecule has 3 aromatic rings. The van der Waals surface area contributed by atoms with Gasteiger partial charge in [0, 0.05) is 11.9 Å². The SMILES string of the molecule is Cc1cc2ccccc2nc1NCc1ccccc1. The molecule has 2 aromatic carbocycles. The van der Waals surface area contributed by atoms with Crippen LogP contribution in [0.2, 0.25) is 0 Å². The predicted octanol–water partition coefficient (Wildman–Crippen LogP) is 4.16. The fraction of sp³-hybridized carbons (Fsp3) is 0.118. The number of rotatable bonds is 3. The van der Waals surface area contributed by atoms with E-state index in [0.29, 0.717) is 0 Å². The first-order valence-electron chi connectivity index (χ1n) is 6.47. The molecule has 0 atom stereocenters. The van der Waals surface area contributed by atoms with Crippen LogP contribution in [0.1, 0.15) is 11.1 Å². The number of hydrogen-bond acceptors (Lipinski definition) is 2. The van der Waals surface area contributed by atoms with Gasteiger partial charge in [-0.3, -0.25) is 0 Å². The molecule has 19 heavy (non-hydrogen) atoms. The van der Waals surface area contributed by atoms with Gasteiger partial charge in [-0.05, 0) is 30.2 Å². The third-order valence-corrected chi connectivity index (χ3v) is 3.22. The van der Waals surface area contributed by atoms with Crippen LogP contribution < -0.4 is 5.32 Å². The average Bonchev–Trinajstić information content (AvgIpc) is 2.46. The van der Waals surface area contributed by atoms with Crippen LogP contribution in [0.3, 0.4) is 0 Å². The van der Waals surface area contributed by atoms with Crippen LogP contribution in [-0.2, 0) is 6.54 Å². The van der Waals surface area contributed by atoms with Crippen molar-refractivity contribution >= 4 is 16.7 Å². The zero-order valence-electron chi connectivity index (χ0n) is 10.9. The summed E-state index contributed by atoms with van der Waals surface area (Å²) in [6, 6.07) is 20.7. The number of para-hydroxylation sites is 1.